The molecule has 0 aromatic carbocycles. The van der Waals surface area contributed by atoms with Gasteiger partial charge in [-0.15, -0.1) is 0 Å². The SMILES string of the molecule is CCCCOC(=O)CNCC(C)(C)CCO. The van der Waals surface area contributed by atoms with E-state index >= 15 is 0 Å². The number of nitrogens with one attached hydrogen (secondary N) is 1. The smallest absolute Gasteiger partial charge is 0.319 e. The number of rotatable bonds is 9. The van der Waals surface area contributed by atoms with E-state index in [0.717, 1.165) is 19.3 Å². The minimum absolute atomic E-state index is 0.0123. The number of aliphatic hydroxyl groups excluding tert-OH is 1. The first-order chi connectivity index (χ1) is 7.52. The van der Waals surface area contributed by atoms with Gasteiger partial charge in [-0.05, 0) is 18.3 Å². The summed E-state index contributed by atoms with van der Waals surface area (Å²) >= 11 is 0. The molecule has 0 aliphatic carbocycles. The van der Waals surface area contributed by atoms with Crippen LogP contribution in [-0.4, -0.2) is 37.4 Å². The Labute approximate surface area is 98.4 Å². The Hall–Kier alpha value is -0.610. The predicted octanol–water partition coefficient (Wildman–Crippen LogP) is 1.33. The minimum Gasteiger partial charge on any atom is -0.465 e. The second kappa shape index (κ2) is 8.53. The summed E-state index contributed by atoms with van der Waals surface area (Å²) in [6, 6.07) is 0. The summed E-state index contributed by atoms with van der Waals surface area (Å²) < 4.78 is 5.01. The number of hydrogen-bond acceptors (Lipinski definition) is 4. The van der Waals surface area contributed by atoms with Crippen LogP contribution in [0.25, 0.3) is 0 Å². The molecule has 0 saturated heterocycles. The van der Waals surface area contributed by atoms with Crippen molar-refractivity contribution >= 4 is 5.97 Å². The Morgan fingerprint density at radius 2 is 2.12 bits per heavy atom. The second-order valence-electron chi connectivity index (χ2n) is 4.82. The minimum atomic E-state index is -0.201. The van der Waals surface area contributed by atoms with Gasteiger partial charge in [0, 0.05) is 13.2 Å². The molecule has 0 heterocycles. The third-order valence-corrected chi connectivity index (χ3v) is 2.42. The molecule has 0 aliphatic rings. The van der Waals surface area contributed by atoms with Crippen LogP contribution >= 0.6 is 0 Å². The van der Waals surface area contributed by atoms with Gasteiger partial charge in [0.2, 0.25) is 0 Å². The van der Waals surface area contributed by atoms with E-state index in [0.29, 0.717) is 13.2 Å². The zero-order chi connectivity index (χ0) is 12.4. The molecule has 0 saturated carbocycles. The maximum Gasteiger partial charge on any atom is 0.319 e. The molecule has 4 nitrogen and oxygen atoms in total. The first kappa shape index (κ1) is 15.4. The van der Waals surface area contributed by atoms with Crippen molar-refractivity contribution in [3.05, 3.63) is 0 Å². The van der Waals surface area contributed by atoms with Crippen molar-refractivity contribution in [1.29, 1.82) is 0 Å². The van der Waals surface area contributed by atoms with Crippen LogP contribution in [0.1, 0.15) is 40.0 Å². The van der Waals surface area contributed by atoms with Gasteiger partial charge in [0.25, 0.3) is 0 Å². The quantitative estimate of drug-likeness (QED) is 0.464. The lowest BCUT2D eigenvalue weighted by atomic mass is 9.90. The van der Waals surface area contributed by atoms with E-state index in [1.807, 2.05) is 0 Å². The Morgan fingerprint density at radius 1 is 1.44 bits per heavy atom. The fourth-order valence-electron chi connectivity index (χ4n) is 1.28. The van der Waals surface area contributed by atoms with Crippen molar-refractivity contribution in [1.82, 2.24) is 5.32 Å². The molecule has 0 aromatic rings. The average Bonchev–Trinajstić information content (AvgIpc) is 2.17. The molecule has 0 spiro atoms. The summed E-state index contributed by atoms with van der Waals surface area (Å²) in [5, 5.41) is 11.9. The largest absolute Gasteiger partial charge is 0.465 e. The highest BCUT2D eigenvalue weighted by Gasteiger charge is 2.16. The molecule has 0 amide bonds. The van der Waals surface area contributed by atoms with Crippen LogP contribution in [0.4, 0.5) is 0 Å². The molecule has 0 bridgehead atoms. The highest BCUT2D eigenvalue weighted by Crippen LogP contribution is 2.17. The highest BCUT2D eigenvalue weighted by molar-refractivity contribution is 5.71. The van der Waals surface area contributed by atoms with E-state index in [9.17, 15) is 4.79 Å². The van der Waals surface area contributed by atoms with Crippen molar-refractivity contribution in [3.63, 3.8) is 0 Å². The third-order valence-electron chi connectivity index (χ3n) is 2.42. The lowest BCUT2D eigenvalue weighted by Crippen LogP contribution is -2.34. The standard InChI is InChI=1S/C12H25NO3/c1-4-5-8-16-11(15)9-13-10-12(2,3)6-7-14/h13-14H,4-10H2,1-3H3. The zero-order valence-electron chi connectivity index (χ0n) is 10.7. The molecule has 0 fully saturated rings. The molecular formula is C12H25NO3. The zero-order valence-corrected chi connectivity index (χ0v) is 10.7. The Bertz CT molecular complexity index is 193. The van der Waals surface area contributed by atoms with Gasteiger partial charge in [0.1, 0.15) is 0 Å². The normalized spacial score (nSPS) is 11.5. The van der Waals surface area contributed by atoms with Gasteiger partial charge < -0.3 is 15.2 Å². The van der Waals surface area contributed by atoms with Crippen molar-refractivity contribution in [2.24, 2.45) is 5.41 Å². The second-order valence-corrected chi connectivity index (χ2v) is 4.82. The van der Waals surface area contributed by atoms with Gasteiger partial charge in [0.05, 0.1) is 13.2 Å². The maximum atomic E-state index is 11.2. The lowest BCUT2D eigenvalue weighted by Gasteiger charge is -2.23. The third kappa shape index (κ3) is 8.68. The molecule has 0 aliphatic heterocycles. The first-order valence-electron chi connectivity index (χ1n) is 5.99. The predicted molar refractivity (Wildman–Crippen MR) is 64.2 cm³/mol. The van der Waals surface area contributed by atoms with E-state index < -0.39 is 0 Å². The van der Waals surface area contributed by atoms with Crippen LogP contribution in [-0.2, 0) is 9.53 Å². The van der Waals surface area contributed by atoms with Crippen LogP contribution in [0.3, 0.4) is 0 Å². The van der Waals surface area contributed by atoms with Gasteiger partial charge in [-0.1, -0.05) is 27.2 Å². The van der Waals surface area contributed by atoms with Crippen LogP contribution < -0.4 is 5.32 Å². The average molecular weight is 231 g/mol. The van der Waals surface area contributed by atoms with E-state index in [2.05, 4.69) is 26.1 Å². The molecule has 0 radical (unpaired) electrons. The number of hydrogen-bond donors (Lipinski definition) is 2. The molecule has 4 heteroatoms. The molecule has 0 atom stereocenters. The van der Waals surface area contributed by atoms with Crippen molar-refractivity contribution in [3.8, 4) is 0 Å². The van der Waals surface area contributed by atoms with Gasteiger partial charge in [-0.3, -0.25) is 4.79 Å². The monoisotopic (exact) mass is 231 g/mol. The number of carbonyl (C=O) groups excluding carboxylic acids is 1. The Kier molecular flexibility index (Phi) is 8.21. The summed E-state index contributed by atoms with van der Waals surface area (Å²) in [5.74, 6) is -0.201. The lowest BCUT2D eigenvalue weighted by molar-refractivity contribution is -0.142. The molecule has 2 N–H and O–H groups in total. The van der Waals surface area contributed by atoms with Crippen molar-refractivity contribution < 1.29 is 14.6 Å². The summed E-state index contributed by atoms with van der Waals surface area (Å²) in [6.07, 6.45) is 2.68. The first-order valence-corrected chi connectivity index (χ1v) is 5.99. The molecule has 16 heavy (non-hydrogen) atoms. The number of aliphatic hydroxyl groups is 1. The van der Waals surface area contributed by atoms with Crippen molar-refractivity contribution in [2.45, 2.75) is 40.0 Å². The van der Waals surface area contributed by atoms with E-state index in [1.54, 1.807) is 0 Å². The molecule has 96 valence electrons. The van der Waals surface area contributed by atoms with E-state index in [4.69, 9.17) is 9.84 Å². The van der Waals surface area contributed by atoms with Crippen LogP contribution in [0.2, 0.25) is 0 Å². The van der Waals surface area contributed by atoms with Crippen LogP contribution in [0.5, 0.6) is 0 Å². The topological polar surface area (TPSA) is 58.6 Å². The Morgan fingerprint density at radius 3 is 2.69 bits per heavy atom. The van der Waals surface area contributed by atoms with Crippen LogP contribution in [0.15, 0.2) is 0 Å². The fourth-order valence-corrected chi connectivity index (χ4v) is 1.28. The number of carbonyl (C=O) groups is 1. The summed E-state index contributed by atoms with van der Waals surface area (Å²) in [6.45, 7) is 7.81. The highest BCUT2D eigenvalue weighted by atomic mass is 16.5. The van der Waals surface area contributed by atoms with E-state index in [-0.39, 0.29) is 24.5 Å². The maximum absolute atomic E-state index is 11.2. The van der Waals surface area contributed by atoms with Gasteiger partial charge >= 0.3 is 5.97 Å². The molecule has 0 rings (SSSR count). The van der Waals surface area contributed by atoms with Crippen molar-refractivity contribution in [2.75, 3.05) is 26.3 Å². The van der Waals surface area contributed by atoms with Gasteiger partial charge in [-0.2, -0.15) is 0 Å². The summed E-state index contributed by atoms with van der Waals surface area (Å²) in [5.41, 5.74) is 0.0123. The fraction of sp³-hybridized carbons (Fsp3) is 0.917. The number of ether oxygens (including phenoxy) is 1. The number of esters is 1. The molecule has 0 unspecified atom stereocenters. The van der Waals surface area contributed by atoms with Gasteiger partial charge in [0.15, 0.2) is 0 Å². The summed E-state index contributed by atoms with van der Waals surface area (Å²) in [4.78, 5) is 11.2. The van der Waals surface area contributed by atoms with E-state index in [1.165, 1.54) is 0 Å². The Balaban J connectivity index is 3.53. The summed E-state index contributed by atoms with van der Waals surface area (Å²) in [7, 11) is 0. The van der Waals surface area contributed by atoms with Crippen LogP contribution in [0, 0.1) is 5.41 Å². The number of unbranched alkanes of at least 4 members (excludes halogenated alkanes) is 1. The molecular weight excluding hydrogens is 206 g/mol. The van der Waals surface area contributed by atoms with Gasteiger partial charge in [-0.25, -0.2) is 0 Å². The molecule has 0 aromatic heterocycles.